The number of amides is 1. The van der Waals surface area contributed by atoms with Gasteiger partial charge in [-0.1, -0.05) is 25.1 Å². The number of fused-ring (bicyclic) bond motifs is 1. The van der Waals surface area contributed by atoms with Gasteiger partial charge in [-0.2, -0.15) is 0 Å². The van der Waals surface area contributed by atoms with Crippen LogP contribution in [-0.2, 0) is 11.2 Å². The third kappa shape index (κ3) is 2.54. The maximum absolute atomic E-state index is 12.8. The van der Waals surface area contributed by atoms with Crippen LogP contribution in [0.4, 0.5) is 0 Å². The van der Waals surface area contributed by atoms with Crippen molar-refractivity contribution in [2.24, 2.45) is 5.92 Å². The fourth-order valence-corrected chi connectivity index (χ4v) is 3.44. The first kappa shape index (κ1) is 13.5. The second-order valence-corrected chi connectivity index (χ2v) is 5.91. The fourth-order valence-electron chi connectivity index (χ4n) is 3.44. The molecule has 108 valence electrons. The van der Waals surface area contributed by atoms with Crippen LogP contribution in [-0.4, -0.2) is 30.0 Å². The molecule has 1 aromatic rings. The lowest BCUT2D eigenvalue weighted by molar-refractivity contribution is -0.140. The van der Waals surface area contributed by atoms with Crippen LogP contribution in [0.1, 0.15) is 38.2 Å². The summed E-state index contributed by atoms with van der Waals surface area (Å²) in [6.07, 6.45) is 5.45. The highest BCUT2D eigenvalue weighted by Gasteiger charge is 2.33. The molecule has 3 rings (SSSR count). The van der Waals surface area contributed by atoms with Crippen LogP contribution in [0.3, 0.4) is 0 Å². The molecule has 1 aromatic carbocycles. The number of carbonyl (C=O) groups excluding carboxylic acids is 1. The normalized spacial score (nSPS) is 25.8. The largest absolute Gasteiger partial charge is 0.492 e. The summed E-state index contributed by atoms with van der Waals surface area (Å²) < 4.78 is 5.77. The Bertz CT molecular complexity index is 486. The zero-order valence-corrected chi connectivity index (χ0v) is 12.2. The number of nitrogens with zero attached hydrogens (tertiary/aromatic N) is 1. The quantitative estimate of drug-likeness (QED) is 0.829. The van der Waals surface area contributed by atoms with Crippen molar-refractivity contribution in [1.82, 2.24) is 4.90 Å². The van der Waals surface area contributed by atoms with E-state index in [2.05, 4.69) is 17.9 Å². The molecule has 0 aromatic heterocycles. The monoisotopic (exact) mass is 273 g/mol. The van der Waals surface area contributed by atoms with E-state index >= 15 is 0 Å². The Morgan fingerprint density at radius 3 is 3.05 bits per heavy atom. The first-order chi connectivity index (χ1) is 9.79. The number of para-hydroxylation sites is 1. The number of hydrogen-bond acceptors (Lipinski definition) is 2. The summed E-state index contributed by atoms with van der Waals surface area (Å²) >= 11 is 0. The van der Waals surface area contributed by atoms with E-state index in [0.29, 0.717) is 18.6 Å². The number of rotatable bonds is 2. The second kappa shape index (κ2) is 5.86. The van der Waals surface area contributed by atoms with Gasteiger partial charge in [0.2, 0.25) is 5.91 Å². The smallest absolute Gasteiger partial charge is 0.229 e. The summed E-state index contributed by atoms with van der Waals surface area (Å²) in [7, 11) is 0. The van der Waals surface area contributed by atoms with Crippen molar-refractivity contribution < 1.29 is 9.53 Å². The van der Waals surface area contributed by atoms with Gasteiger partial charge in [0.25, 0.3) is 0 Å². The van der Waals surface area contributed by atoms with E-state index in [1.54, 1.807) is 0 Å². The third-order valence-electron chi connectivity index (χ3n) is 4.61. The Labute approximate surface area is 120 Å². The highest BCUT2D eigenvalue weighted by Crippen LogP contribution is 2.29. The van der Waals surface area contributed by atoms with E-state index < -0.39 is 0 Å². The van der Waals surface area contributed by atoms with Crippen LogP contribution in [0, 0.1) is 5.92 Å². The lowest BCUT2D eigenvalue weighted by atomic mass is 9.92. The predicted octanol–water partition coefficient (Wildman–Crippen LogP) is 3.03. The number of benzene rings is 1. The highest BCUT2D eigenvalue weighted by atomic mass is 16.5. The molecule has 2 aliphatic heterocycles. The van der Waals surface area contributed by atoms with Crippen LogP contribution in [0.15, 0.2) is 24.3 Å². The Balaban J connectivity index is 1.72. The van der Waals surface area contributed by atoms with Crippen molar-refractivity contribution in [2.45, 2.75) is 45.1 Å². The molecule has 2 heterocycles. The molecule has 0 bridgehead atoms. The summed E-state index contributed by atoms with van der Waals surface area (Å²) in [6, 6.07) is 8.51. The summed E-state index contributed by atoms with van der Waals surface area (Å²) in [5.74, 6) is 1.24. The molecular weight excluding hydrogens is 250 g/mol. The van der Waals surface area contributed by atoms with E-state index in [4.69, 9.17) is 4.74 Å². The lowest BCUT2D eigenvalue weighted by Crippen LogP contribution is -2.48. The van der Waals surface area contributed by atoms with Crippen LogP contribution < -0.4 is 4.74 Å². The second-order valence-electron chi connectivity index (χ2n) is 5.91. The Hall–Kier alpha value is -1.51. The SMILES string of the molecule is CCC1CCCCN1C(=O)C1COc2ccccc2C1. The molecule has 1 fully saturated rings. The number of hydrogen-bond donors (Lipinski definition) is 0. The van der Waals surface area contributed by atoms with Crippen molar-refractivity contribution in [3.05, 3.63) is 29.8 Å². The molecule has 1 saturated heterocycles. The molecular formula is C17H23NO2. The minimum Gasteiger partial charge on any atom is -0.492 e. The van der Waals surface area contributed by atoms with Crippen LogP contribution in [0.25, 0.3) is 0 Å². The van der Waals surface area contributed by atoms with E-state index in [0.717, 1.165) is 38.0 Å². The number of likely N-dealkylation sites (tertiary alicyclic amines) is 1. The van der Waals surface area contributed by atoms with Crippen LogP contribution in [0.2, 0.25) is 0 Å². The van der Waals surface area contributed by atoms with E-state index in [-0.39, 0.29) is 5.92 Å². The molecule has 0 N–H and O–H groups in total. The van der Waals surface area contributed by atoms with Gasteiger partial charge in [-0.05, 0) is 43.7 Å². The molecule has 0 saturated carbocycles. The number of carbonyl (C=O) groups is 1. The summed E-state index contributed by atoms with van der Waals surface area (Å²) in [5, 5.41) is 0. The molecule has 2 aliphatic rings. The molecule has 20 heavy (non-hydrogen) atoms. The van der Waals surface area contributed by atoms with Gasteiger partial charge in [-0.25, -0.2) is 0 Å². The maximum Gasteiger partial charge on any atom is 0.229 e. The molecule has 2 atom stereocenters. The van der Waals surface area contributed by atoms with Crippen LogP contribution in [0.5, 0.6) is 5.75 Å². The molecule has 0 aliphatic carbocycles. The van der Waals surface area contributed by atoms with Crippen molar-refractivity contribution >= 4 is 5.91 Å². The van der Waals surface area contributed by atoms with E-state index in [1.807, 2.05) is 18.2 Å². The highest BCUT2D eigenvalue weighted by molar-refractivity contribution is 5.80. The van der Waals surface area contributed by atoms with Gasteiger partial charge in [0.1, 0.15) is 12.4 Å². The average molecular weight is 273 g/mol. The van der Waals surface area contributed by atoms with E-state index in [1.165, 1.54) is 12.0 Å². The van der Waals surface area contributed by atoms with Gasteiger partial charge < -0.3 is 9.64 Å². The van der Waals surface area contributed by atoms with Crippen molar-refractivity contribution in [3.63, 3.8) is 0 Å². The van der Waals surface area contributed by atoms with Gasteiger partial charge in [-0.15, -0.1) is 0 Å². The van der Waals surface area contributed by atoms with Crippen molar-refractivity contribution in [2.75, 3.05) is 13.2 Å². The van der Waals surface area contributed by atoms with Crippen molar-refractivity contribution in [1.29, 1.82) is 0 Å². The van der Waals surface area contributed by atoms with Gasteiger partial charge in [0.05, 0.1) is 5.92 Å². The number of piperidine rings is 1. The summed E-state index contributed by atoms with van der Waals surface area (Å²) in [6.45, 7) is 3.64. The molecule has 3 nitrogen and oxygen atoms in total. The molecule has 0 radical (unpaired) electrons. The minimum absolute atomic E-state index is 0.00273. The molecule has 2 unspecified atom stereocenters. The average Bonchev–Trinajstić information content (AvgIpc) is 2.53. The first-order valence-electron chi connectivity index (χ1n) is 7.80. The molecule has 0 spiro atoms. The van der Waals surface area contributed by atoms with Crippen LogP contribution >= 0.6 is 0 Å². The van der Waals surface area contributed by atoms with Gasteiger partial charge in [0.15, 0.2) is 0 Å². The lowest BCUT2D eigenvalue weighted by Gasteiger charge is -2.38. The maximum atomic E-state index is 12.8. The molecule has 3 heteroatoms. The summed E-state index contributed by atoms with van der Waals surface area (Å²) in [5.41, 5.74) is 1.17. The van der Waals surface area contributed by atoms with E-state index in [9.17, 15) is 4.79 Å². The Morgan fingerprint density at radius 1 is 1.35 bits per heavy atom. The van der Waals surface area contributed by atoms with Gasteiger partial charge >= 0.3 is 0 Å². The topological polar surface area (TPSA) is 29.5 Å². The summed E-state index contributed by atoms with van der Waals surface area (Å²) in [4.78, 5) is 14.9. The Morgan fingerprint density at radius 2 is 2.20 bits per heavy atom. The predicted molar refractivity (Wildman–Crippen MR) is 78.8 cm³/mol. The fraction of sp³-hybridized carbons (Fsp3) is 0.588. The molecule has 1 amide bonds. The Kier molecular flexibility index (Phi) is 3.95. The van der Waals surface area contributed by atoms with Crippen molar-refractivity contribution in [3.8, 4) is 5.75 Å². The minimum atomic E-state index is -0.00273. The van der Waals surface area contributed by atoms with Gasteiger partial charge in [-0.3, -0.25) is 4.79 Å². The zero-order valence-electron chi connectivity index (χ0n) is 12.2. The third-order valence-corrected chi connectivity index (χ3v) is 4.61. The van der Waals surface area contributed by atoms with Gasteiger partial charge in [0, 0.05) is 12.6 Å². The standard InChI is InChI=1S/C17H23NO2/c1-2-15-8-5-6-10-18(15)17(19)14-11-13-7-3-4-9-16(13)20-12-14/h3-4,7,9,14-15H,2,5-6,8,10-12H2,1H3. The number of ether oxygens (including phenoxy) is 1. The first-order valence-corrected chi connectivity index (χ1v) is 7.80. The zero-order chi connectivity index (χ0) is 13.9.